The Morgan fingerprint density at radius 2 is 1.96 bits per heavy atom. The fourth-order valence-corrected chi connectivity index (χ4v) is 3.63. The van der Waals surface area contributed by atoms with Gasteiger partial charge >= 0.3 is 5.97 Å². The summed E-state index contributed by atoms with van der Waals surface area (Å²) in [6.07, 6.45) is 0. The van der Waals surface area contributed by atoms with Crippen molar-refractivity contribution >= 4 is 17.3 Å². The third-order valence-corrected chi connectivity index (χ3v) is 5.21. The standard InChI is InChI=1S/C21H19NO5S/c1-13-3-5-14(6-4-13)20-22-16(12-28-20)11-27-21(23)15-9-17(24-2)19-18(10-15)25-7-8-26-19/h3-6,9-10,12H,7-8,11H2,1-2H3. The van der Waals surface area contributed by atoms with Crippen molar-refractivity contribution in [1.82, 2.24) is 4.98 Å². The smallest absolute Gasteiger partial charge is 0.338 e. The van der Waals surface area contributed by atoms with E-state index in [9.17, 15) is 4.79 Å². The maximum absolute atomic E-state index is 12.5. The van der Waals surface area contributed by atoms with E-state index in [1.165, 1.54) is 24.0 Å². The van der Waals surface area contributed by atoms with E-state index in [0.29, 0.717) is 41.7 Å². The van der Waals surface area contributed by atoms with Crippen LogP contribution >= 0.6 is 11.3 Å². The first-order chi connectivity index (χ1) is 13.6. The Bertz CT molecular complexity index is 979. The van der Waals surface area contributed by atoms with Gasteiger partial charge in [0, 0.05) is 10.9 Å². The number of aromatic nitrogens is 1. The van der Waals surface area contributed by atoms with Crippen LogP contribution in [-0.4, -0.2) is 31.3 Å². The second-order valence-electron chi connectivity index (χ2n) is 6.29. The molecule has 1 aliphatic heterocycles. The maximum atomic E-state index is 12.5. The van der Waals surface area contributed by atoms with Gasteiger partial charge in [-0.1, -0.05) is 29.8 Å². The number of benzene rings is 2. The summed E-state index contributed by atoms with van der Waals surface area (Å²) >= 11 is 1.52. The molecule has 2 aromatic carbocycles. The lowest BCUT2D eigenvalue weighted by molar-refractivity contribution is 0.0467. The number of rotatable bonds is 5. The number of aryl methyl sites for hydroxylation is 1. The molecule has 4 rings (SSSR count). The van der Waals surface area contributed by atoms with E-state index in [1.807, 2.05) is 36.6 Å². The lowest BCUT2D eigenvalue weighted by atomic mass is 10.1. The minimum atomic E-state index is -0.472. The number of ether oxygens (including phenoxy) is 4. The van der Waals surface area contributed by atoms with Crippen LogP contribution in [0.3, 0.4) is 0 Å². The van der Waals surface area contributed by atoms with Gasteiger partial charge in [0.2, 0.25) is 5.75 Å². The number of esters is 1. The van der Waals surface area contributed by atoms with Crippen molar-refractivity contribution in [3.8, 4) is 27.8 Å². The molecule has 0 saturated carbocycles. The van der Waals surface area contributed by atoms with E-state index < -0.39 is 5.97 Å². The molecule has 1 aliphatic rings. The van der Waals surface area contributed by atoms with Crippen LogP contribution in [0.25, 0.3) is 10.6 Å². The molecule has 0 spiro atoms. The van der Waals surface area contributed by atoms with E-state index in [1.54, 1.807) is 12.1 Å². The number of thiazole rings is 1. The first kappa shape index (κ1) is 18.3. The second-order valence-corrected chi connectivity index (χ2v) is 7.15. The zero-order chi connectivity index (χ0) is 19.5. The van der Waals surface area contributed by atoms with Crippen LogP contribution in [-0.2, 0) is 11.3 Å². The lowest BCUT2D eigenvalue weighted by Gasteiger charge is -2.21. The van der Waals surface area contributed by atoms with Gasteiger partial charge in [0.15, 0.2) is 11.5 Å². The van der Waals surface area contributed by atoms with E-state index in [4.69, 9.17) is 18.9 Å². The van der Waals surface area contributed by atoms with Gasteiger partial charge in [-0.3, -0.25) is 0 Å². The fraction of sp³-hybridized carbons (Fsp3) is 0.238. The zero-order valence-electron chi connectivity index (χ0n) is 15.6. The number of carbonyl (C=O) groups is 1. The molecule has 0 N–H and O–H groups in total. The summed E-state index contributed by atoms with van der Waals surface area (Å²) in [4.78, 5) is 17.0. The summed E-state index contributed by atoms with van der Waals surface area (Å²) < 4.78 is 21.8. The summed E-state index contributed by atoms with van der Waals surface area (Å²) in [5.74, 6) is 0.958. The minimum absolute atomic E-state index is 0.0952. The highest BCUT2D eigenvalue weighted by Gasteiger charge is 2.21. The molecule has 0 atom stereocenters. The van der Waals surface area contributed by atoms with E-state index in [2.05, 4.69) is 4.98 Å². The molecule has 0 saturated heterocycles. The Kier molecular flexibility index (Phi) is 5.16. The molecule has 2 heterocycles. The molecular weight excluding hydrogens is 378 g/mol. The van der Waals surface area contributed by atoms with Crippen LogP contribution in [0.1, 0.15) is 21.6 Å². The Morgan fingerprint density at radius 3 is 2.75 bits per heavy atom. The van der Waals surface area contributed by atoms with Gasteiger partial charge in [-0.25, -0.2) is 9.78 Å². The number of hydrogen-bond acceptors (Lipinski definition) is 7. The van der Waals surface area contributed by atoms with E-state index in [-0.39, 0.29) is 6.61 Å². The number of nitrogens with zero attached hydrogens (tertiary/aromatic N) is 1. The highest BCUT2D eigenvalue weighted by atomic mass is 32.1. The van der Waals surface area contributed by atoms with Crippen LogP contribution in [0.2, 0.25) is 0 Å². The summed E-state index contributed by atoms with van der Waals surface area (Å²) in [5, 5.41) is 2.79. The molecule has 6 nitrogen and oxygen atoms in total. The third kappa shape index (κ3) is 3.80. The molecule has 0 radical (unpaired) electrons. The molecule has 0 unspecified atom stereocenters. The van der Waals surface area contributed by atoms with Gasteiger partial charge in [-0.2, -0.15) is 0 Å². The largest absolute Gasteiger partial charge is 0.493 e. The topological polar surface area (TPSA) is 66.9 Å². The first-order valence-corrected chi connectivity index (χ1v) is 9.68. The third-order valence-electron chi connectivity index (χ3n) is 4.27. The van der Waals surface area contributed by atoms with Gasteiger partial charge in [-0.15, -0.1) is 11.3 Å². The molecule has 0 fully saturated rings. The van der Waals surface area contributed by atoms with Crippen molar-refractivity contribution in [3.63, 3.8) is 0 Å². The van der Waals surface area contributed by atoms with Crippen LogP contribution in [0.5, 0.6) is 17.2 Å². The molecule has 1 aromatic heterocycles. The predicted octanol–water partition coefficient (Wildman–Crippen LogP) is 4.26. The highest BCUT2D eigenvalue weighted by Crippen LogP contribution is 2.40. The van der Waals surface area contributed by atoms with Crippen LogP contribution in [0, 0.1) is 6.92 Å². The fourth-order valence-electron chi connectivity index (χ4n) is 2.82. The first-order valence-electron chi connectivity index (χ1n) is 8.80. The normalized spacial score (nSPS) is 12.5. The quantitative estimate of drug-likeness (QED) is 0.600. The number of fused-ring (bicyclic) bond motifs is 1. The zero-order valence-corrected chi connectivity index (χ0v) is 16.4. The Balaban J connectivity index is 1.45. The highest BCUT2D eigenvalue weighted by molar-refractivity contribution is 7.13. The van der Waals surface area contributed by atoms with E-state index in [0.717, 1.165) is 10.6 Å². The molecule has 28 heavy (non-hydrogen) atoms. The van der Waals surface area contributed by atoms with Crippen molar-refractivity contribution in [2.45, 2.75) is 13.5 Å². The van der Waals surface area contributed by atoms with Crippen molar-refractivity contribution in [2.24, 2.45) is 0 Å². The van der Waals surface area contributed by atoms with Gasteiger partial charge < -0.3 is 18.9 Å². The average molecular weight is 397 g/mol. The lowest BCUT2D eigenvalue weighted by Crippen LogP contribution is -2.17. The number of methoxy groups -OCH3 is 1. The molecule has 0 amide bonds. The van der Waals surface area contributed by atoms with Gasteiger partial charge in [-0.05, 0) is 19.1 Å². The Morgan fingerprint density at radius 1 is 1.18 bits per heavy atom. The van der Waals surface area contributed by atoms with Crippen molar-refractivity contribution in [1.29, 1.82) is 0 Å². The summed E-state index contributed by atoms with van der Waals surface area (Å²) in [6.45, 7) is 3.01. The van der Waals surface area contributed by atoms with Gasteiger partial charge in [0.05, 0.1) is 18.4 Å². The average Bonchev–Trinajstić information content (AvgIpc) is 3.20. The minimum Gasteiger partial charge on any atom is -0.493 e. The predicted molar refractivity (Wildman–Crippen MR) is 105 cm³/mol. The van der Waals surface area contributed by atoms with E-state index >= 15 is 0 Å². The molecular formula is C21H19NO5S. The van der Waals surface area contributed by atoms with Crippen LogP contribution < -0.4 is 14.2 Å². The summed E-state index contributed by atoms with van der Waals surface area (Å²) in [6, 6.07) is 11.4. The van der Waals surface area contributed by atoms with Crippen molar-refractivity contribution < 1.29 is 23.7 Å². The number of carbonyl (C=O) groups excluding carboxylic acids is 1. The Hall–Kier alpha value is -3.06. The number of hydrogen-bond donors (Lipinski definition) is 0. The SMILES string of the molecule is COc1cc(C(=O)OCc2csc(-c3ccc(C)cc3)n2)cc2c1OCCO2. The summed E-state index contributed by atoms with van der Waals surface area (Å²) in [5.41, 5.74) is 3.29. The van der Waals surface area contributed by atoms with Crippen molar-refractivity contribution in [3.05, 3.63) is 58.6 Å². The van der Waals surface area contributed by atoms with Crippen LogP contribution in [0.4, 0.5) is 0 Å². The van der Waals surface area contributed by atoms with Crippen LogP contribution in [0.15, 0.2) is 41.8 Å². The Labute approximate surface area is 166 Å². The molecule has 144 valence electrons. The molecule has 3 aromatic rings. The second kappa shape index (κ2) is 7.90. The van der Waals surface area contributed by atoms with Crippen molar-refractivity contribution in [2.75, 3.05) is 20.3 Å². The monoisotopic (exact) mass is 397 g/mol. The molecule has 0 bridgehead atoms. The van der Waals surface area contributed by atoms with Gasteiger partial charge in [0.25, 0.3) is 0 Å². The maximum Gasteiger partial charge on any atom is 0.338 e. The molecule has 0 aliphatic carbocycles. The summed E-state index contributed by atoms with van der Waals surface area (Å²) in [7, 11) is 1.52. The van der Waals surface area contributed by atoms with Gasteiger partial charge in [0.1, 0.15) is 24.8 Å². The molecule has 7 heteroatoms.